The van der Waals surface area contributed by atoms with E-state index in [2.05, 4.69) is 0 Å². The van der Waals surface area contributed by atoms with Gasteiger partial charge in [-0.05, 0) is 29.4 Å². The van der Waals surface area contributed by atoms with Crippen LogP contribution in [0.5, 0.6) is 0 Å². The van der Waals surface area contributed by atoms with Crippen molar-refractivity contribution < 1.29 is 19.1 Å². The molecule has 138 valence electrons. The van der Waals surface area contributed by atoms with Crippen LogP contribution >= 0.6 is 0 Å². The van der Waals surface area contributed by atoms with Crippen LogP contribution in [-0.2, 0) is 32.3 Å². The lowest BCUT2D eigenvalue weighted by molar-refractivity contribution is -0.162. The maximum Gasteiger partial charge on any atom is 0.310 e. The van der Waals surface area contributed by atoms with Gasteiger partial charge >= 0.3 is 11.9 Å². The molecule has 0 saturated heterocycles. The van der Waals surface area contributed by atoms with Gasteiger partial charge in [0.15, 0.2) is 0 Å². The van der Waals surface area contributed by atoms with Crippen LogP contribution in [0.2, 0.25) is 0 Å². The monoisotopic (exact) mass is 362 g/mol. The van der Waals surface area contributed by atoms with E-state index in [9.17, 15) is 9.59 Å². The number of allylic oxidation sites excluding steroid dienone is 2. The maximum atomic E-state index is 12.7. The van der Waals surface area contributed by atoms with Gasteiger partial charge in [0.05, 0.1) is 11.8 Å². The first-order chi connectivity index (χ1) is 13.2. The largest absolute Gasteiger partial charge is 0.461 e. The Kier molecular flexibility index (Phi) is 5.05. The van der Waals surface area contributed by atoms with Crippen molar-refractivity contribution >= 4 is 11.9 Å². The quantitative estimate of drug-likeness (QED) is 0.577. The molecular formula is C23H22O4. The Bertz CT molecular complexity index is 758. The molecule has 0 aromatic heterocycles. The van der Waals surface area contributed by atoms with Crippen molar-refractivity contribution in [2.45, 2.75) is 19.6 Å². The minimum atomic E-state index is -0.452. The summed E-state index contributed by atoms with van der Waals surface area (Å²) in [4.78, 5) is 25.5. The van der Waals surface area contributed by atoms with Crippen molar-refractivity contribution in [3.8, 4) is 0 Å². The molecule has 0 aliphatic heterocycles. The predicted octanol–water partition coefficient (Wildman–Crippen LogP) is 3.91. The molecule has 2 bridgehead atoms. The molecule has 1 saturated carbocycles. The van der Waals surface area contributed by atoms with Crippen LogP contribution in [0.3, 0.4) is 0 Å². The van der Waals surface area contributed by atoms with Gasteiger partial charge in [-0.25, -0.2) is 0 Å². The first kappa shape index (κ1) is 17.5. The highest BCUT2D eigenvalue weighted by Crippen LogP contribution is 2.49. The van der Waals surface area contributed by atoms with E-state index in [0.717, 1.165) is 17.5 Å². The van der Waals surface area contributed by atoms with Gasteiger partial charge in [0.25, 0.3) is 0 Å². The molecule has 2 aromatic rings. The molecule has 0 N–H and O–H groups in total. The molecule has 2 aromatic carbocycles. The number of benzene rings is 2. The molecule has 0 heterocycles. The third kappa shape index (κ3) is 3.80. The molecule has 0 spiro atoms. The molecule has 4 heteroatoms. The van der Waals surface area contributed by atoms with Crippen molar-refractivity contribution in [1.29, 1.82) is 0 Å². The zero-order valence-corrected chi connectivity index (χ0v) is 15.0. The average Bonchev–Trinajstić information content (AvgIpc) is 3.33. The van der Waals surface area contributed by atoms with Gasteiger partial charge in [0.2, 0.25) is 0 Å². The van der Waals surface area contributed by atoms with E-state index in [1.165, 1.54) is 0 Å². The summed E-state index contributed by atoms with van der Waals surface area (Å²) in [6.45, 7) is 0.451. The summed E-state index contributed by atoms with van der Waals surface area (Å²) in [5, 5.41) is 0. The Morgan fingerprint density at radius 3 is 1.52 bits per heavy atom. The van der Waals surface area contributed by atoms with E-state index in [0.29, 0.717) is 0 Å². The lowest BCUT2D eigenvalue weighted by atomic mass is 9.83. The van der Waals surface area contributed by atoms with Gasteiger partial charge < -0.3 is 9.47 Å². The number of carbonyl (C=O) groups excluding carboxylic acids is 2. The minimum Gasteiger partial charge on any atom is -0.461 e. The second-order valence-corrected chi connectivity index (χ2v) is 7.19. The lowest BCUT2D eigenvalue weighted by Crippen LogP contribution is -2.35. The highest BCUT2D eigenvalue weighted by molar-refractivity contribution is 5.84. The van der Waals surface area contributed by atoms with Crippen molar-refractivity contribution in [1.82, 2.24) is 0 Å². The van der Waals surface area contributed by atoms with E-state index in [1.807, 2.05) is 72.8 Å². The predicted molar refractivity (Wildman–Crippen MR) is 100 cm³/mol. The van der Waals surface area contributed by atoms with Crippen LogP contribution in [0.15, 0.2) is 72.8 Å². The number of carbonyl (C=O) groups is 2. The van der Waals surface area contributed by atoms with Crippen LogP contribution in [-0.4, -0.2) is 11.9 Å². The summed E-state index contributed by atoms with van der Waals surface area (Å²) >= 11 is 0. The normalized spacial score (nSPS) is 25.3. The van der Waals surface area contributed by atoms with Gasteiger partial charge in [-0.15, -0.1) is 0 Å². The zero-order valence-electron chi connectivity index (χ0n) is 15.0. The molecule has 1 fully saturated rings. The fraction of sp³-hybridized carbons (Fsp3) is 0.304. The van der Waals surface area contributed by atoms with Crippen molar-refractivity contribution in [2.24, 2.45) is 23.7 Å². The van der Waals surface area contributed by atoms with Gasteiger partial charge in [0.1, 0.15) is 13.2 Å². The zero-order chi connectivity index (χ0) is 18.6. The molecule has 2 unspecified atom stereocenters. The van der Waals surface area contributed by atoms with Crippen LogP contribution in [0.1, 0.15) is 17.5 Å². The van der Waals surface area contributed by atoms with E-state index >= 15 is 0 Å². The van der Waals surface area contributed by atoms with Gasteiger partial charge in [-0.1, -0.05) is 72.8 Å². The molecule has 0 amide bonds. The van der Waals surface area contributed by atoms with Crippen LogP contribution in [0.4, 0.5) is 0 Å². The van der Waals surface area contributed by atoms with E-state index in [4.69, 9.17) is 9.47 Å². The first-order valence-corrected chi connectivity index (χ1v) is 9.32. The second-order valence-electron chi connectivity index (χ2n) is 7.19. The van der Waals surface area contributed by atoms with Crippen molar-refractivity contribution in [2.75, 3.05) is 0 Å². The third-order valence-corrected chi connectivity index (χ3v) is 5.45. The average molecular weight is 362 g/mol. The Labute approximate surface area is 158 Å². The first-order valence-electron chi connectivity index (χ1n) is 9.32. The van der Waals surface area contributed by atoms with Crippen LogP contribution in [0, 0.1) is 23.7 Å². The summed E-state index contributed by atoms with van der Waals surface area (Å²) in [5.41, 5.74) is 1.88. The number of fused-ring (bicyclic) bond motifs is 2. The molecule has 2 aliphatic carbocycles. The molecule has 4 rings (SSSR count). The van der Waals surface area contributed by atoms with Crippen LogP contribution < -0.4 is 0 Å². The molecule has 0 radical (unpaired) electrons. The molecule has 2 aliphatic rings. The van der Waals surface area contributed by atoms with Crippen molar-refractivity contribution in [3.05, 3.63) is 83.9 Å². The number of ether oxygens (including phenoxy) is 2. The number of esters is 2. The standard InChI is InChI=1S/C23H22O4/c24-22(26-14-16-7-3-1-4-8-16)20-18-11-12-19(13-18)21(20)23(25)27-15-17-9-5-2-6-10-17/h1-12,18-21H,13-15H2/t18?,19?,20-,21+. The Balaban J connectivity index is 1.40. The topological polar surface area (TPSA) is 52.6 Å². The number of hydrogen-bond donors (Lipinski definition) is 0. The lowest BCUT2D eigenvalue weighted by Gasteiger charge is -2.25. The highest BCUT2D eigenvalue weighted by atomic mass is 16.5. The Morgan fingerprint density at radius 2 is 1.11 bits per heavy atom. The molecule has 4 nitrogen and oxygen atoms in total. The molecule has 27 heavy (non-hydrogen) atoms. The van der Waals surface area contributed by atoms with Crippen molar-refractivity contribution in [3.63, 3.8) is 0 Å². The van der Waals surface area contributed by atoms with Gasteiger partial charge in [0, 0.05) is 0 Å². The molecule has 4 atom stereocenters. The second kappa shape index (κ2) is 7.78. The fourth-order valence-electron chi connectivity index (χ4n) is 4.11. The number of hydrogen-bond acceptors (Lipinski definition) is 4. The highest BCUT2D eigenvalue weighted by Gasteiger charge is 2.53. The summed E-state index contributed by atoms with van der Waals surface area (Å²) < 4.78 is 11.1. The van der Waals surface area contributed by atoms with E-state index in [-0.39, 0.29) is 37.0 Å². The number of rotatable bonds is 6. The van der Waals surface area contributed by atoms with E-state index in [1.54, 1.807) is 0 Å². The third-order valence-electron chi connectivity index (χ3n) is 5.45. The Hall–Kier alpha value is -2.88. The summed E-state index contributed by atoms with van der Waals surface area (Å²) in [6, 6.07) is 19.1. The summed E-state index contributed by atoms with van der Waals surface area (Å²) in [6.07, 6.45) is 4.90. The van der Waals surface area contributed by atoms with Gasteiger partial charge in [-0.2, -0.15) is 0 Å². The summed E-state index contributed by atoms with van der Waals surface area (Å²) in [7, 11) is 0. The van der Waals surface area contributed by atoms with Gasteiger partial charge in [-0.3, -0.25) is 9.59 Å². The smallest absolute Gasteiger partial charge is 0.310 e. The fourth-order valence-corrected chi connectivity index (χ4v) is 4.11. The SMILES string of the molecule is O=C(OCc1ccccc1)[C@@H]1C2C=CC(C2)[C@@H]1C(=O)OCc1ccccc1. The summed E-state index contributed by atoms with van der Waals surface area (Å²) in [5.74, 6) is -1.39. The van der Waals surface area contributed by atoms with E-state index < -0.39 is 11.8 Å². The Morgan fingerprint density at radius 1 is 0.704 bits per heavy atom. The molecular weight excluding hydrogens is 340 g/mol. The minimum absolute atomic E-state index is 0.0625. The maximum absolute atomic E-state index is 12.7. The van der Waals surface area contributed by atoms with Crippen LogP contribution in [0.25, 0.3) is 0 Å².